The lowest BCUT2D eigenvalue weighted by Gasteiger charge is -2.30. The van der Waals surface area contributed by atoms with Gasteiger partial charge in [-0.2, -0.15) is 0 Å². The molecule has 3 aliphatic heterocycles. The minimum absolute atomic E-state index is 0.106. The lowest BCUT2D eigenvalue weighted by Crippen LogP contribution is -2.52. The van der Waals surface area contributed by atoms with E-state index >= 15 is 0 Å². The fourth-order valence-corrected chi connectivity index (χ4v) is 4.56. The first kappa shape index (κ1) is 19.1. The van der Waals surface area contributed by atoms with Crippen molar-refractivity contribution < 1.29 is 14.4 Å². The van der Waals surface area contributed by atoms with E-state index in [0.717, 1.165) is 17.7 Å². The predicted octanol–water partition coefficient (Wildman–Crippen LogP) is 1.07. The Morgan fingerprint density at radius 3 is 2.82 bits per heavy atom. The molecule has 3 heterocycles. The van der Waals surface area contributed by atoms with Crippen LogP contribution in [0, 0.1) is 0 Å². The molecule has 3 N–H and O–H groups in total. The minimum atomic E-state index is -0.566. The fraction of sp³-hybridized carbons (Fsp3) is 0.571. The quantitative estimate of drug-likeness (QED) is 0.661. The molecule has 7 heteroatoms. The van der Waals surface area contributed by atoms with Crippen LogP contribution in [0.2, 0.25) is 0 Å². The Morgan fingerprint density at radius 1 is 1.21 bits per heavy atom. The molecule has 2 saturated heterocycles. The summed E-state index contributed by atoms with van der Waals surface area (Å²) in [6, 6.07) is 6.12. The van der Waals surface area contributed by atoms with Gasteiger partial charge in [0.15, 0.2) is 0 Å². The highest BCUT2D eigenvalue weighted by Crippen LogP contribution is 2.30. The molecule has 1 aromatic rings. The molecule has 2 fully saturated rings. The van der Waals surface area contributed by atoms with Gasteiger partial charge >= 0.3 is 0 Å². The average Bonchev–Trinajstić information content (AvgIpc) is 3.04. The summed E-state index contributed by atoms with van der Waals surface area (Å²) in [7, 11) is 0. The van der Waals surface area contributed by atoms with E-state index < -0.39 is 6.04 Å². The second kappa shape index (κ2) is 8.01. The van der Waals surface area contributed by atoms with Crippen molar-refractivity contribution in [3.63, 3.8) is 0 Å². The van der Waals surface area contributed by atoms with Gasteiger partial charge in [0.1, 0.15) is 6.04 Å². The van der Waals surface area contributed by atoms with Gasteiger partial charge < -0.3 is 15.5 Å². The standard InChI is InChI=1S/C21H28N4O3/c1-13(16-7-2-3-10-22-16)23-11-14-5-4-6-15-12-25(21(28)19(14)15)17-8-9-18(26)24-20(17)27/h4-6,13,16-17,22-23H,2-3,7-12H2,1H3,(H,24,26,27). The fourth-order valence-electron chi connectivity index (χ4n) is 4.56. The Balaban J connectivity index is 1.46. The van der Waals surface area contributed by atoms with E-state index in [-0.39, 0.29) is 24.1 Å². The minimum Gasteiger partial charge on any atom is -0.322 e. The van der Waals surface area contributed by atoms with Crippen LogP contribution in [0.25, 0.3) is 0 Å². The Bertz CT molecular complexity index is 788. The molecule has 4 rings (SSSR count). The Morgan fingerprint density at radius 2 is 2.07 bits per heavy atom. The average molecular weight is 384 g/mol. The molecular weight excluding hydrogens is 356 g/mol. The number of carbonyl (C=O) groups excluding carboxylic acids is 3. The number of piperidine rings is 2. The highest BCUT2D eigenvalue weighted by molar-refractivity contribution is 6.05. The summed E-state index contributed by atoms with van der Waals surface area (Å²) in [6.45, 7) is 4.30. The molecule has 0 saturated carbocycles. The molecule has 3 unspecified atom stereocenters. The summed E-state index contributed by atoms with van der Waals surface area (Å²) in [5, 5.41) is 9.49. The van der Waals surface area contributed by atoms with Crippen molar-refractivity contribution in [1.29, 1.82) is 0 Å². The third-order valence-electron chi connectivity index (χ3n) is 6.21. The maximum absolute atomic E-state index is 13.1. The number of imide groups is 1. The van der Waals surface area contributed by atoms with Gasteiger partial charge in [-0.15, -0.1) is 0 Å². The van der Waals surface area contributed by atoms with Crippen LogP contribution in [0.1, 0.15) is 60.5 Å². The first-order valence-corrected chi connectivity index (χ1v) is 10.3. The SMILES string of the molecule is CC(NCc1cccc2c1C(=O)N(C1CCC(=O)NC1=O)C2)C1CCCCN1. The molecule has 28 heavy (non-hydrogen) atoms. The Kier molecular flexibility index (Phi) is 5.46. The Labute approximate surface area is 165 Å². The molecule has 0 aliphatic carbocycles. The van der Waals surface area contributed by atoms with Crippen molar-refractivity contribution in [3.8, 4) is 0 Å². The van der Waals surface area contributed by atoms with Gasteiger partial charge in [0, 0.05) is 37.2 Å². The molecule has 150 valence electrons. The maximum Gasteiger partial charge on any atom is 0.255 e. The molecule has 3 aliphatic rings. The molecular formula is C21H28N4O3. The van der Waals surface area contributed by atoms with Crippen LogP contribution < -0.4 is 16.0 Å². The van der Waals surface area contributed by atoms with E-state index in [1.165, 1.54) is 19.3 Å². The van der Waals surface area contributed by atoms with E-state index in [1.54, 1.807) is 4.90 Å². The van der Waals surface area contributed by atoms with Gasteiger partial charge in [0.25, 0.3) is 5.91 Å². The van der Waals surface area contributed by atoms with Crippen LogP contribution in [0.15, 0.2) is 18.2 Å². The number of rotatable bonds is 5. The highest BCUT2D eigenvalue weighted by Gasteiger charge is 2.39. The number of fused-ring (bicyclic) bond motifs is 1. The zero-order chi connectivity index (χ0) is 19.7. The lowest BCUT2D eigenvalue weighted by molar-refractivity contribution is -0.136. The number of hydrogen-bond donors (Lipinski definition) is 3. The van der Waals surface area contributed by atoms with Crippen LogP contribution >= 0.6 is 0 Å². The molecule has 3 amide bonds. The highest BCUT2D eigenvalue weighted by atomic mass is 16.2. The van der Waals surface area contributed by atoms with Gasteiger partial charge in [-0.1, -0.05) is 24.6 Å². The first-order chi connectivity index (χ1) is 13.5. The molecule has 0 bridgehead atoms. The molecule has 0 spiro atoms. The number of amides is 3. The Hall–Kier alpha value is -2.25. The summed E-state index contributed by atoms with van der Waals surface area (Å²) in [5.74, 6) is -0.736. The smallest absolute Gasteiger partial charge is 0.255 e. The third kappa shape index (κ3) is 3.69. The zero-order valence-corrected chi connectivity index (χ0v) is 16.3. The van der Waals surface area contributed by atoms with Crippen molar-refractivity contribution in [2.45, 2.75) is 70.2 Å². The summed E-state index contributed by atoms with van der Waals surface area (Å²) >= 11 is 0. The lowest BCUT2D eigenvalue weighted by atomic mass is 9.98. The second-order valence-electron chi connectivity index (χ2n) is 8.08. The van der Waals surface area contributed by atoms with E-state index in [2.05, 4.69) is 22.9 Å². The third-order valence-corrected chi connectivity index (χ3v) is 6.21. The normalized spacial score (nSPS) is 26.2. The second-order valence-corrected chi connectivity index (χ2v) is 8.08. The zero-order valence-electron chi connectivity index (χ0n) is 16.3. The van der Waals surface area contributed by atoms with Crippen LogP contribution in [-0.2, 0) is 22.7 Å². The van der Waals surface area contributed by atoms with Crippen molar-refractivity contribution in [3.05, 3.63) is 34.9 Å². The number of benzene rings is 1. The van der Waals surface area contributed by atoms with Crippen LogP contribution in [0.3, 0.4) is 0 Å². The summed E-state index contributed by atoms with van der Waals surface area (Å²) in [6.07, 6.45) is 4.33. The summed E-state index contributed by atoms with van der Waals surface area (Å²) < 4.78 is 0. The summed E-state index contributed by atoms with van der Waals surface area (Å²) in [5.41, 5.74) is 2.64. The van der Waals surface area contributed by atoms with Gasteiger partial charge in [0.05, 0.1) is 0 Å². The number of hydrogen-bond acceptors (Lipinski definition) is 5. The van der Waals surface area contributed by atoms with Crippen LogP contribution in [0.5, 0.6) is 0 Å². The first-order valence-electron chi connectivity index (χ1n) is 10.3. The topological polar surface area (TPSA) is 90.5 Å². The van der Waals surface area contributed by atoms with Crippen LogP contribution in [0.4, 0.5) is 0 Å². The van der Waals surface area contributed by atoms with Crippen molar-refractivity contribution in [1.82, 2.24) is 20.9 Å². The number of nitrogens with one attached hydrogen (secondary N) is 3. The van der Waals surface area contributed by atoms with Gasteiger partial charge in [-0.25, -0.2) is 0 Å². The van der Waals surface area contributed by atoms with E-state index in [4.69, 9.17) is 0 Å². The number of carbonyl (C=O) groups is 3. The van der Waals surface area contributed by atoms with E-state index in [1.807, 2.05) is 18.2 Å². The molecule has 0 radical (unpaired) electrons. The molecule has 3 atom stereocenters. The van der Waals surface area contributed by atoms with Crippen molar-refractivity contribution >= 4 is 17.7 Å². The van der Waals surface area contributed by atoms with Gasteiger partial charge in [-0.05, 0) is 43.9 Å². The van der Waals surface area contributed by atoms with Gasteiger partial charge in [-0.3, -0.25) is 19.7 Å². The van der Waals surface area contributed by atoms with E-state index in [0.29, 0.717) is 37.2 Å². The van der Waals surface area contributed by atoms with Gasteiger partial charge in [0.2, 0.25) is 11.8 Å². The number of nitrogens with zero attached hydrogens (tertiary/aromatic N) is 1. The summed E-state index contributed by atoms with van der Waals surface area (Å²) in [4.78, 5) is 38.4. The van der Waals surface area contributed by atoms with Crippen molar-refractivity contribution in [2.24, 2.45) is 0 Å². The molecule has 1 aromatic carbocycles. The van der Waals surface area contributed by atoms with Crippen molar-refractivity contribution in [2.75, 3.05) is 6.54 Å². The van der Waals surface area contributed by atoms with Crippen LogP contribution in [-0.4, -0.2) is 47.3 Å². The largest absolute Gasteiger partial charge is 0.322 e. The molecule has 7 nitrogen and oxygen atoms in total. The van der Waals surface area contributed by atoms with E-state index in [9.17, 15) is 14.4 Å². The monoisotopic (exact) mass is 384 g/mol. The molecule has 0 aromatic heterocycles. The maximum atomic E-state index is 13.1. The predicted molar refractivity (Wildman–Crippen MR) is 104 cm³/mol.